The van der Waals surface area contributed by atoms with Gasteiger partial charge in [0.15, 0.2) is 0 Å². The lowest BCUT2D eigenvalue weighted by Gasteiger charge is -2.06. The molecule has 2 aromatic heterocycles. The Morgan fingerprint density at radius 1 is 1.20 bits per heavy atom. The molecule has 0 saturated carbocycles. The van der Waals surface area contributed by atoms with Crippen LogP contribution in [0.4, 0.5) is 0 Å². The minimum Gasteiger partial charge on any atom is -0.322 e. The van der Waals surface area contributed by atoms with E-state index in [2.05, 4.69) is 53.7 Å². The summed E-state index contributed by atoms with van der Waals surface area (Å²) in [5.74, 6) is 1.39. The molecule has 0 atom stereocenters. The van der Waals surface area contributed by atoms with Crippen LogP contribution in [0.2, 0.25) is 0 Å². The zero-order chi connectivity index (χ0) is 14.1. The molecule has 0 bridgehead atoms. The number of aryl methyl sites for hydroxylation is 2. The molecule has 0 aliphatic rings. The van der Waals surface area contributed by atoms with Crippen molar-refractivity contribution >= 4 is 34.0 Å². The maximum Gasteiger partial charge on any atom is 0.125 e. The number of nitrogens with zero attached hydrogens (tertiary/aromatic N) is 2. The van der Waals surface area contributed by atoms with Gasteiger partial charge in [-0.1, -0.05) is 19.1 Å². The summed E-state index contributed by atoms with van der Waals surface area (Å²) in [6.07, 6.45) is 1.09. The molecule has 0 fully saturated rings. The fourth-order valence-corrected chi connectivity index (χ4v) is 3.62. The molecule has 4 heteroatoms. The van der Waals surface area contributed by atoms with Gasteiger partial charge in [0, 0.05) is 9.75 Å². The number of rotatable bonds is 4. The molecule has 3 rings (SSSR count). The molecular weight excluding hydrogens is 288 g/mol. The lowest BCUT2D eigenvalue weighted by molar-refractivity contribution is 0.789. The number of benzene rings is 1. The number of aromatic nitrogens is 2. The van der Waals surface area contributed by atoms with Crippen molar-refractivity contribution < 1.29 is 0 Å². The van der Waals surface area contributed by atoms with Crippen LogP contribution in [0.25, 0.3) is 11.0 Å². The third-order valence-electron chi connectivity index (χ3n) is 3.56. The van der Waals surface area contributed by atoms with Crippen molar-refractivity contribution in [2.75, 3.05) is 0 Å². The number of alkyl halides is 1. The van der Waals surface area contributed by atoms with Gasteiger partial charge in [0.05, 0.1) is 23.5 Å². The zero-order valence-electron chi connectivity index (χ0n) is 11.7. The molecule has 0 radical (unpaired) electrons. The van der Waals surface area contributed by atoms with E-state index in [4.69, 9.17) is 11.6 Å². The van der Waals surface area contributed by atoms with Crippen molar-refractivity contribution in [2.45, 2.75) is 32.7 Å². The van der Waals surface area contributed by atoms with Crippen LogP contribution in [0.3, 0.4) is 0 Å². The Hall–Kier alpha value is -1.32. The molecule has 2 nitrogen and oxygen atoms in total. The Balaban J connectivity index is 2.07. The second-order valence-corrected chi connectivity index (χ2v) is 6.43. The van der Waals surface area contributed by atoms with E-state index in [9.17, 15) is 0 Å². The number of para-hydroxylation sites is 1. The van der Waals surface area contributed by atoms with Gasteiger partial charge in [-0.3, -0.25) is 0 Å². The molecule has 0 amide bonds. The van der Waals surface area contributed by atoms with E-state index in [1.807, 2.05) is 11.3 Å². The Bertz CT molecular complexity index is 742. The van der Waals surface area contributed by atoms with E-state index in [0.717, 1.165) is 24.3 Å². The van der Waals surface area contributed by atoms with Crippen molar-refractivity contribution in [1.29, 1.82) is 0 Å². The summed E-state index contributed by atoms with van der Waals surface area (Å²) in [4.78, 5) is 7.47. The number of halogens is 1. The highest BCUT2D eigenvalue weighted by Gasteiger charge is 2.12. The number of hydrogen-bond acceptors (Lipinski definition) is 2. The van der Waals surface area contributed by atoms with Crippen molar-refractivity contribution in [3.05, 3.63) is 51.5 Å². The van der Waals surface area contributed by atoms with E-state index in [-0.39, 0.29) is 0 Å². The first-order chi connectivity index (χ1) is 9.72. The Morgan fingerprint density at radius 3 is 2.70 bits per heavy atom. The van der Waals surface area contributed by atoms with E-state index in [0.29, 0.717) is 5.88 Å². The predicted octanol–water partition coefficient (Wildman–Crippen LogP) is 4.76. The summed E-state index contributed by atoms with van der Waals surface area (Å²) in [7, 11) is 0. The minimum absolute atomic E-state index is 0.445. The smallest absolute Gasteiger partial charge is 0.125 e. The first-order valence-electron chi connectivity index (χ1n) is 6.81. The fourth-order valence-electron chi connectivity index (χ4n) is 2.47. The topological polar surface area (TPSA) is 17.8 Å². The molecule has 0 N–H and O–H groups in total. The van der Waals surface area contributed by atoms with E-state index in [1.165, 1.54) is 20.8 Å². The lowest BCUT2D eigenvalue weighted by Crippen LogP contribution is -2.02. The number of thiophene rings is 1. The highest BCUT2D eigenvalue weighted by atomic mass is 35.5. The molecule has 1 aromatic carbocycles. The summed E-state index contributed by atoms with van der Waals surface area (Å²) >= 11 is 7.95. The van der Waals surface area contributed by atoms with Crippen LogP contribution in [0.1, 0.15) is 28.1 Å². The minimum atomic E-state index is 0.445. The van der Waals surface area contributed by atoms with Gasteiger partial charge in [0.25, 0.3) is 0 Å². The number of imidazole rings is 1. The van der Waals surface area contributed by atoms with Gasteiger partial charge in [-0.2, -0.15) is 0 Å². The Kier molecular flexibility index (Phi) is 3.81. The monoisotopic (exact) mass is 304 g/mol. The molecule has 0 unspecified atom stereocenters. The van der Waals surface area contributed by atoms with Crippen LogP contribution < -0.4 is 0 Å². The molecule has 20 heavy (non-hydrogen) atoms. The highest BCUT2D eigenvalue weighted by Crippen LogP contribution is 2.24. The second kappa shape index (κ2) is 5.58. The third kappa shape index (κ3) is 2.36. The van der Waals surface area contributed by atoms with Gasteiger partial charge < -0.3 is 4.57 Å². The van der Waals surface area contributed by atoms with Gasteiger partial charge in [-0.05, 0) is 37.1 Å². The largest absolute Gasteiger partial charge is 0.322 e. The summed E-state index contributed by atoms with van der Waals surface area (Å²) in [6, 6.07) is 10.7. The van der Waals surface area contributed by atoms with Crippen LogP contribution in [0, 0.1) is 6.92 Å². The molecule has 0 aliphatic carbocycles. The third-order valence-corrected chi connectivity index (χ3v) is 5.01. The standard InChI is InChI=1S/C16H17ClN2S/c1-3-12-7-8-13(20-12)10-19-14-6-4-5-11(2)16(14)18-15(19)9-17/h4-8H,3,9-10H2,1-2H3. The average molecular weight is 305 g/mol. The Morgan fingerprint density at radius 2 is 2.00 bits per heavy atom. The predicted molar refractivity (Wildman–Crippen MR) is 86.8 cm³/mol. The summed E-state index contributed by atoms with van der Waals surface area (Å²) < 4.78 is 2.24. The van der Waals surface area contributed by atoms with Gasteiger partial charge in [0.1, 0.15) is 5.82 Å². The fraction of sp³-hybridized carbons (Fsp3) is 0.312. The Labute approximate surface area is 128 Å². The van der Waals surface area contributed by atoms with E-state index < -0.39 is 0 Å². The zero-order valence-corrected chi connectivity index (χ0v) is 13.3. The van der Waals surface area contributed by atoms with Crippen LogP contribution in [-0.2, 0) is 18.8 Å². The van der Waals surface area contributed by atoms with Crippen LogP contribution in [-0.4, -0.2) is 9.55 Å². The van der Waals surface area contributed by atoms with Crippen LogP contribution >= 0.6 is 22.9 Å². The molecule has 0 aliphatic heterocycles. The van der Waals surface area contributed by atoms with Crippen molar-refractivity contribution in [1.82, 2.24) is 9.55 Å². The molecular formula is C16H17ClN2S. The molecule has 2 heterocycles. The van der Waals surface area contributed by atoms with E-state index in [1.54, 1.807) is 0 Å². The maximum absolute atomic E-state index is 6.07. The van der Waals surface area contributed by atoms with Crippen molar-refractivity contribution in [2.24, 2.45) is 0 Å². The molecule has 104 valence electrons. The van der Waals surface area contributed by atoms with Gasteiger partial charge in [-0.15, -0.1) is 22.9 Å². The highest BCUT2D eigenvalue weighted by molar-refractivity contribution is 7.11. The van der Waals surface area contributed by atoms with Gasteiger partial charge in [0.2, 0.25) is 0 Å². The number of hydrogen-bond donors (Lipinski definition) is 0. The average Bonchev–Trinajstić information content (AvgIpc) is 3.05. The van der Waals surface area contributed by atoms with Crippen LogP contribution in [0.5, 0.6) is 0 Å². The number of fused-ring (bicyclic) bond motifs is 1. The lowest BCUT2D eigenvalue weighted by atomic mass is 10.2. The SMILES string of the molecule is CCc1ccc(Cn2c(CCl)nc3c(C)cccc32)s1. The van der Waals surface area contributed by atoms with E-state index >= 15 is 0 Å². The first kappa shape index (κ1) is 13.7. The van der Waals surface area contributed by atoms with Crippen LogP contribution in [0.15, 0.2) is 30.3 Å². The molecule has 3 aromatic rings. The molecule has 0 saturated heterocycles. The summed E-state index contributed by atoms with van der Waals surface area (Å²) in [5, 5.41) is 0. The first-order valence-corrected chi connectivity index (χ1v) is 8.16. The summed E-state index contributed by atoms with van der Waals surface area (Å²) in [6.45, 7) is 5.14. The maximum atomic E-state index is 6.07. The second-order valence-electron chi connectivity index (χ2n) is 4.91. The van der Waals surface area contributed by atoms with Gasteiger partial charge in [-0.25, -0.2) is 4.98 Å². The van der Waals surface area contributed by atoms with Crippen molar-refractivity contribution in [3.8, 4) is 0 Å². The quantitative estimate of drug-likeness (QED) is 0.636. The normalized spacial score (nSPS) is 11.3. The molecule has 0 spiro atoms. The summed E-state index contributed by atoms with van der Waals surface area (Å²) in [5.41, 5.74) is 3.44. The van der Waals surface area contributed by atoms with Crippen molar-refractivity contribution in [3.63, 3.8) is 0 Å². The van der Waals surface area contributed by atoms with Gasteiger partial charge >= 0.3 is 0 Å².